The zero-order valence-electron chi connectivity index (χ0n) is 14.0. The van der Waals surface area contributed by atoms with E-state index < -0.39 is 5.91 Å². The van der Waals surface area contributed by atoms with E-state index in [2.05, 4.69) is 15.2 Å². The second-order valence-electron chi connectivity index (χ2n) is 6.37. The Morgan fingerprint density at radius 1 is 1.12 bits per heavy atom. The number of hydrogen-bond donors (Lipinski definition) is 1. The minimum absolute atomic E-state index is 0.195. The number of rotatable bonds is 3. The second-order valence-corrected chi connectivity index (χ2v) is 6.72. The molecule has 1 N–H and O–H groups in total. The van der Waals surface area contributed by atoms with Gasteiger partial charge in [0, 0.05) is 29.9 Å². The highest BCUT2D eigenvalue weighted by Gasteiger charge is 2.16. The fourth-order valence-corrected chi connectivity index (χ4v) is 3.54. The number of anilines is 2. The molecule has 4 nitrogen and oxygen atoms in total. The van der Waals surface area contributed by atoms with Gasteiger partial charge in [0.2, 0.25) is 0 Å². The summed E-state index contributed by atoms with van der Waals surface area (Å²) < 4.78 is 14.0. The normalized spacial score (nSPS) is 14.0. The lowest BCUT2D eigenvalue weighted by atomic mass is 10.1. The number of fused-ring (bicyclic) bond motifs is 1. The average molecular weight is 370 g/mol. The van der Waals surface area contributed by atoms with Gasteiger partial charge < -0.3 is 10.2 Å². The number of halogens is 2. The Morgan fingerprint density at radius 3 is 2.69 bits per heavy atom. The highest BCUT2D eigenvalue weighted by Crippen LogP contribution is 2.26. The quantitative estimate of drug-likeness (QED) is 0.669. The summed E-state index contributed by atoms with van der Waals surface area (Å²) in [7, 11) is 0. The third-order valence-electron chi connectivity index (χ3n) is 4.54. The van der Waals surface area contributed by atoms with E-state index in [0.29, 0.717) is 5.69 Å². The summed E-state index contributed by atoms with van der Waals surface area (Å²) >= 11 is 6.19. The average Bonchev–Trinajstić information content (AvgIpc) is 3.16. The van der Waals surface area contributed by atoms with Gasteiger partial charge in [-0.15, -0.1) is 0 Å². The van der Waals surface area contributed by atoms with E-state index in [9.17, 15) is 9.18 Å². The van der Waals surface area contributed by atoms with Crippen LogP contribution in [0.15, 0.2) is 48.5 Å². The molecule has 0 atom stereocenters. The predicted molar refractivity (Wildman–Crippen MR) is 103 cm³/mol. The van der Waals surface area contributed by atoms with Gasteiger partial charge >= 0.3 is 0 Å². The Kier molecular flexibility index (Phi) is 4.47. The van der Waals surface area contributed by atoms with Crippen molar-refractivity contribution in [2.24, 2.45) is 0 Å². The summed E-state index contributed by atoms with van der Waals surface area (Å²) in [6.45, 7) is 1.80. The van der Waals surface area contributed by atoms with E-state index in [1.807, 2.05) is 24.3 Å². The molecular formula is C20H17ClFN3O. The van der Waals surface area contributed by atoms with Gasteiger partial charge in [-0.2, -0.15) is 0 Å². The molecule has 1 aromatic heterocycles. The summed E-state index contributed by atoms with van der Waals surface area (Å²) in [5, 5.41) is 4.61. The highest BCUT2D eigenvalue weighted by molar-refractivity contribution is 6.34. The van der Waals surface area contributed by atoms with Crippen molar-refractivity contribution in [1.29, 1.82) is 0 Å². The molecule has 0 unspecified atom stereocenters. The monoisotopic (exact) mass is 369 g/mol. The van der Waals surface area contributed by atoms with E-state index in [1.165, 1.54) is 12.1 Å². The molecule has 3 aromatic rings. The number of aromatic nitrogens is 1. The van der Waals surface area contributed by atoms with Crippen molar-refractivity contribution in [3.63, 3.8) is 0 Å². The minimum Gasteiger partial charge on any atom is -0.371 e. The van der Waals surface area contributed by atoms with Crippen molar-refractivity contribution in [3.8, 4) is 0 Å². The molecule has 26 heavy (non-hydrogen) atoms. The van der Waals surface area contributed by atoms with Crippen LogP contribution in [-0.4, -0.2) is 24.0 Å². The maximum Gasteiger partial charge on any atom is 0.274 e. The molecule has 0 radical (unpaired) electrons. The van der Waals surface area contributed by atoms with Gasteiger partial charge in [-0.1, -0.05) is 35.9 Å². The van der Waals surface area contributed by atoms with Crippen molar-refractivity contribution in [3.05, 3.63) is 65.2 Å². The zero-order chi connectivity index (χ0) is 18.1. The first-order chi connectivity index (χ1) is 12.6. The molecule has 0 spiro atoms. The molecule has 6 heteroatoms. The maximum atomic E-state index is 14.0. The number of amides is 1. The number of carbonyl (C=O) groups is 1. The first kappa shape index (κ1) is 16.8. The summed E-state index contributed by atoms with van der Waals surface area (Å²) in [4.78, 5) is 18.9. The van der Waals surface area contributed by atoms with E-state index in [1.54, 1.807) is 12.1 Å². The van der Waals surface area contributed by atoms with Crippen LogP contribution in [0.3, 0.4) is 0 Å². The summed E-state index contributed by atoms with van der Waals surface area (Å²) in [6.07, 6.45) is 2.19. The van der Waals surface area contributed by atoms with Gasteiger partial charge in [-0.25, -0.2) is 9.37 Å². The highest BCUT2D eigenvalue weighted by atomic mass is 35.5. The van der Waals surface area contributed by atoms with Crippen LogP contribution < -0.4 is 10.2 Å². The molecule has 132 valence electrons. The van der Waals surface area contributed by atoms with Gasteiger partial charge in [0.15, 0.2) is 0 Å². The van der Waals surface area contributed by atoms with Crippen LogP contribution in [0.1, 0.15) is 23.3 Å². The smallest absolute Gasteiger partial charge is 0.274 e. The van der Waals surface area contributed by atoms with Gasteiger partial charge in [0.25, 0.3) is 5.91 Å². The fraction of sp³-hybridized carbons (Fsp3) is 0.200. The van der Waals surface area contributed by atoms with Crippen molar-refractivity contribution in [1.82, 2.24) is 4.98 Å². The van der Waals surface area contributed by atoms with Crippen LogP contribution in [0.5, 0.6) is 0 Å². The Hall–Kier alpha value is -2.66. The summed E-state index contributed by atoms with van der Waals surface area (Å²) in [5.41, 5.74) is 1.38. The van der Waals surface area contributed by atoms with Crippen molar-refractivity contribution >= 4 is 39.7 Å². The van der Waals surface area contributed by atoms with Crippen LogP contribution >= 0.6 is 11.6 Å². The largest absolute Gasteiger partial charge is 0.371 e. The van der Waals surface area contributed by atoms with Crippen molar-refractivity contribution in [2.75, 3.05) is 23.3 Å². The summed E-state index contributed by atoms with van der Waals surface area (Å²) in [5.74, 6) is -0.801. The second kappa shape index (κ2) is 6.92. The molecular weight excluding hydrogens is 353 g/mol. The first-order valence-electron chi connectivity index (χ1n) is 8.52. The lowest BCUT2D eigenvalue weighted by Gasteiger charge is -2.18. The van der Waals surface area contributed by atoms with Crippen LogP contribution in [0.4, 0.5) is 15.8 Å². The van der Waals surface area contributed by atoms with E-state index in [-0.39, 0.29) is 16.7 Å². The minimum atomic E-state index is -0.421. The zero-order valence-corrected chi connectivity index (χ0v) is 14.8. The molecule has 4 rings (SSSR count). The number of pyridine rings is 1. The Morgan fingerprint density at radius 2 is 1.88 bits per heavy atom. The van der Waals surface area contributed by atoms with Crippen molar-refractivity contribution < 1.29 is 9.18 Å². The molecule has 2 aromatic carbocycles. The maximum absolute atomic E-state index is 14.0. The topological polar surface area (TPSA) is 45.2 Å². The van der Waals surface area contributed by atoms with Crippen LogP contribution in [-0.2, 0) is 0 Å². The van der Waals surface area contributed by atoms with Gasteiger partial charge in [-0.05, 0) is 42.5 Å². The summed E-state index contributed by atoms with van der Waals surface area (Å²) in [6, 6.07) is 13.7. The molecule has 1 fully saturated rings. The number of nitrogens with zero attached hydrogens (tertiary/aromatic N) is 2. The van der Waals surface area contributed by atoms with Crippen LogP contribution in [0, 0.1) is 5.82 Å². The Balaban J connectivity index is 1.62. The Bertz CT molecular complexity index is 986. The molecule has 1 aliphatic rings. The molecule has 1 aliphatic heterocycles. The van der Waals surface area contributed by atoms with Crippen LogP contribution in [0.2, 0.25) is 5.15 Å². The lowest BCUT2D eigenvalue weighted by Crippen LogP contribution is -2.19. The number of nitrogens with one attached hydrogen (secondary N) is 1. The fourth-order valence-electron chi connectivity index (χ4n) is 3.27. The van der Waals surface area contributed by atoms with E-state index in [0.717, 1.165) is 42.4 Å². The van der Waals surface area contributed by atoms with E-state index in [4.69, 9.17) is 11.6 Å². The third-order valence-corrected chi connectivity index (χ3v) is 4.83. The first-order valence-corrected chi connectivity index (χ1v) is 8.90. The molecule has 2 heterocycles. The van der Waals surface area contributed by atoms with Gasteiger partial charge in [0.05, 0.1) is 0 Å². The van der Waals surface area contributed by atoms with Crippen LogP contribution in [0.25, 0.3) is 10.8 Å². The van der Waals surface area contributed by atoms with Gasteiger partial charge in [0.1, 0.15) is 16.7 Å². The predicted octanol–water partition coefficient (Wildman–Crippen LogP) is 4.88. The number of hydrogen-bond acceptors (Lipinski definition) is 3. The molecule has 0 saturated carbocycles. The third kappa shape index (κ3) is 3.35. The molecule has 0 aliphatic carbocycles. The number of carbonyl (C=O) groups excluding carboxylic acids is 1. The standard InChI is InChI=1S/C20H17ClFN3O/c21-19-17-6-2-1-5-13(17)9-18(24-19)20(26)23-15-10-14(22)11-16(12-15)25-7-3-4-8-25/h1-2,5-6,9-12H,3-4,7-8H2,(H,23,26). The SMILES string of the molecule is O=C(Nc1cc(F)cc(N2CCCC2)c1)c1cc2ccccc2c(Cl)n1. The van der Waals surface area contributed by atoms with E-state index >= 15 is 0 Å². The molecule has 1 amide bonds. The van der Waals surface area contributed by atoms with Crippen molar-refractivity contribution in [2.45, 2.75) is 12.8 Å². The van der Waals surface area contributed by atoms with Gasteiger partial charge in [-0.3, -0.25) is 4.79 Å². The number of benzene rings is 2. The molecule has 0 bridgehead atoms. The molecule has 1 saturated heterocycles. The lowest BCUT2D eigenvalue weighted by molar-refractivity contribution is 0.102. The Labute approximate surface area is 155 Å².